The second-order valence-corrected chi connectivity index (χ2v) is 8.03. The van der Waals surface area contributed by atoms with Gasteiger partial charge >= 0.3 is 66.9 Å². The second-order valence-electron chi connectivity index (χ2n) is 4.59. The van der Waals surface area contributed by atoms with Crippen molar-refractivity contribution < 1.29 is 131 Å². The molecule has 0 aromatic heterocycles. The van der Waals surface area contributed by atoms with Crippen LogP contribution in [-0.2, 0) is 27.3 Å². The van der Waals surface area contributed by atoms with E-state index in [4.69, 9.17) is 14.7 Å². The summed E-state index contributed by atoms with van der Waals surface area (Å²) >= 11 is 0. The number of hydrogen-bond donors (Lipinski definition) is 6. The van der Waals surface area contributed by atoms with Gasteiger partial charge < -0.3 is 58.3 Å². The van der Waals surface area contributed by atoms with Gasteiger partial charge in [0.1, 0.15) is 36.6 Å². The van der Waals surface area contributed by atoms with Crippen LogP contribution in [0.2, 0.25) is 0 Å². The Balaban J connectivity index is -0.00000192. The Kier molecular flexibility index (Phi) is 16.8. The Morgan fingerprint density at radius 2 is 1.04 bits per heavy atom. The molecule has 27 heavy (non-hydrogen) atoms. The third kappa shape index (κ3) is 12.1. The van der Waals surface area contributed by atoms with E-state index in [1.165, 1.54) is 0 Å². The molecule has 0 heterocycles. The molecule has 1 radical (unpaired) electrons. The normalized spacial score (nSPS) is 33.7. The monoisotopic (exact) mass is 486 g/mol. The van der Waals surface area contributed by atoms with Crippen molar-refractivity contribution in [2.75, 3.05) is 0 Å². The molecule has 15 nitrogen and oxygen atoms in total. The zero-order valence-electron chi connectivity index (χ0n) is 14.2. The summed E-state index contributed by atoms with van der Waals surface area (Å²) in [5, 5.41) is 28.8. The molecule has 1 fully saturated rings. The van der Waals surface area contributed by atoms with Gasteiger partial charge in [-0.3, -0.25) is 9.09 Å². The first-order valence-electron chi connectivity index (χ1n) is 5.72. The summed E-state index contributed by atoms with van der Waals surface area (Å²) < 4.78 is 44.1. The minimum Gasteiger partial charge on any atom is -0.790 e. The third-order valence-corrected chi connectivity index (χ3v) is 4.31. The maximum Gasteiger partial charge on any atom is 1.00 e. The van der Waals surface area contributed by atoms with Crippen LogP contribution in [0.1, 0.15) is 0 Å². The molecule has 0 bridgehead atoms. The van der Waals surface area contributed by atoms with E-state index in [-0.39, 0.29) is 88.7 Å². The molecular formula is C6H12Na3O15P3-. The molecule has 1 rings (SSSR count). The van der Waals surface area contributed by atoms with Crippen LogP contribution in [0.4, 0.5) is 0 Å². The fraction of sp³-hybridized carbons (Fsp3) is 1.00. The van der Waals surface area contributed by atoms with Crippen LogP contribution in [0.5, 0.6) is 0 Å². The molecule has 0 amide bonds. The molecule has 7 atom stereocenters. The van der Waals surface area contributed by atoms with E-state index in [9.17, 15) is 43.7 Å². The molecule has 145 valence electrons. The van der Waals surface area contributed by atoms with Gasteiger partial charge in [-0.25, -0.2) is 4.57 Å². The average molecular weight is 486 g/mol. The minimum absolute atomic E-state index is 0. The molecule has 0 spiro atoms. The summed E-state index contributed by atoms with van der Waals surface area (Å²) in [5.41, 5.74) is 0. The number of aliphatic hydroxyl groups is 3. The van der Waals surface area contributed by atoms with E-state index in [1.807, 2.05) is 0 Å². The number of phosphoric ester groups is 3. The second kappa shape index (κ2) is 13.0. The van der Waals surface area contributed by atoms with Crippen LogP contribution < -0.4 is 73.8 Å². The van der Waals surface area contributed by atoms with Crippen LogP contribution in [-0.4, -0.2) is 96.2 Å². The first kappa shape index (κ1) is 34.8. The Bertz CT molecular complexity index is 549. The van der Waals surface area contributed by atoms with Gasteiger partial charge in [0.25, 0.3) is 7.82 Å². The van der Waals surface area contributed by atoms with E-state index in [2.05, 4.69) is 13.6 Å². The first-order chi connectivity index (χ1) is 10.5. The van der Waals surface area contributed by atoms with Crippen molar-refractivity contribution in [2.24, 2.45) is 0 Å². The van der Waals surface area contributed by atoms with Crippen molar-refractivity contribution in [1.82, 2.24) is 0 Å². The zero-order chi connectivity index (χ0) is 19.1. The van der Waals surface area contributed by atoms with E-state index in [0.717, 1.165) is 0 Å². The molecule has 1 unspecified atom stereocenters. The maximum atomic E-state index is 10.9. The number of rotatable bonds is 6. The van der Waals surface area contributed by atoms with Crippen molar-refractivity contribution in [3.8, 4) is 0 Å². The molecule has 0 aromatic rings. The number of hydrogen-bond acceptors (Lipinski definition) is 12. The summed E-state index contributed by atoms with van der Waals surface area (Å²) in [5.74, 6) is 0. The van der Waals surface area contributed by atoms with Crippen molar-refractivity contribution >= 4 is 53.0 Å². The van der Waals surface area contributed by atoms with Crippen LogP contribution in [0.15, 0.2) is 0 Å². The molecule has 0 aliphatic heterocycles. The van der Waals surface area contributed by atoms with Crippen LogP contribution >= 0.6 is 23.5 Å². The zero-order valence-corrected chi connectivity index (χ0v) is 22.8. The fourth-order valence-corrected chi connectivity index (χ4v) is 3.64. The molecule has 1 aliphatic carbocycles. The molecule has 1 saturated carbocycles. The maximum absolute atomic E-state index is 10.9. The van der Waals surface area contributed by atoms with Gasteiger partial charge in [0.05, 0.1) is 7.82 Å². The van der Waals surface area contributed by atoms with Gasteiger partial charge in [-0.1, -0.05) is 0 Å². The first-order valence-corrected chi connectivity index (χ1v) is 10.2. The minimum atomic E-state index is -5.95. The standard InChI is InChI=1S/C6H15O15P3.3Na/c7-1-2(8)4(19-22(10,11)12)6(21-24(16,17)18)5(3(1)9)20-23(13,14)15;;;/h1-9H,(H2,10,11,12)(H2,13,14,15)(H2,16,17,18);;;/q;;2*+1/p-3/t1-,2-,3-,4+,5-,6-;;;/m1.../s1. The molecule has 0 aromatic carbocycles. The van der Waals surface area contributed by atoms with Gasteiger partial charge in [0.2, 0.25) is 0 Å². The Morgan fingerprint density at radius 3 is 1.33 bits per heavy atom. The van der Waals surface area contributed by atoms with Gasteiger partial charge in [-0.15, -0.1) is 0 Å². The van der Waals surface area contributed by atoms with E-state index in [1.54, 1.807) is 0 Å². The topological polar surface area (TPSA) is 269 Å². The van der Waals surface area contributed by atoms with E-state index < -0.39 is 60.1 Å². The summed E-state index contributed by atoms with van der Waals surface area (Å²) in [4.78, 5) is 58.3. The van der Waals surface area contributed by atoms with Crippen LogP contribution in [0.25, 0.3) is 0 Å². The van der Waals surface area contributed by atoms with Crippen LogP contribution in [0.3, 0.4) is 0 Å². The van der Waals surface area contributed by atoms with E-state index in [0.29, 0.717) is 0 Å². The smallest absolute Gasteiger partial charge is 0.790 e. The van der Waals surface area contributed by atoms with Crippen molar-refractivity contribution in [1.29, 1.82) is 0 Å². The molecular weight excluding hydrogens is 474 g/mol. The molecule has 6 N–H and O–H groups in total. The summed E-state index contributed by atoms with van der Waals surface area (Å²) in [6.07, 6.45) is -15.0. The van der Waals surface area contributed by atoms with Crippen molar-refractivity contribution in [2.45, 2.75) is 36.6 Å². The quantitative estimate of drug-likeness (QED) is 0.150. The third-order valence-electron chi connectivity index (χ3n) is 2.79. The SMILES string of the molecule is O=P([O-])([O-])O[C@H]1[C@H](O)[C@@H](O)[C@@H](O)[C@@H](OP(=O)([O-])O)[C@@H]1OP(=O)(O)O.[Na+].[Na+].[Na]. The number of phosphoric acid groups is 3. The fourth-order valence-electron chi connectivity index (χ4n) is 1.99. The Labute approximate surface area is 218 Å². The van der Waals surface area contributed by atoms with Gasteiger partial charge in [-0.05, 0) is 0 Å². The van der Waals surface area contributed by atoms with Gasteiger partial charge in [0, 0.05) is 29.6 Å². The van der Waals surface area contributed by atoms with E-state index >= 15 is 0 Å². The van der Waals surface area contributed by atoms with Gasteiger partial charge in [-0.2, -0.15) is 0 Å². The molecule has 21 heteroatoms. The van der Waals surface area contributed by atoms with Gasteiger partial charge in [0.15, 0.2) is 0 Å². The Hall–Kier alpha value is 3.21. The van der Waals surface area contributed by atoms with Crippen molar-refractivity contribution in [3.05, 3.63) is 0 Å². The molecule has 0 saturated heterocycles. The van der Waals surface area contributed by atoms with Crippen LogP contribution in [0, 0.1) is 0 Å². The summed E-state index contributed by atoms with van der Waals surface area (Å²) in [6.45, 7) is 0. The predicted octanol–water partition coefficient (Wildman–Crippen LogP) is -11.8. The Morgan fingerprint density at radius 1 is 0.667 bits per heavy atom. The van der Waals surface area contributed by atoms with Crippen molar-refractivity contribution in [3.63, 3.8) is 0 Å². The summed E-state index contributed by atoms with van der Waals surface area (Å²) in [6, 6.07) is 0. The largest absolute Gasteiger partial charge is 1.00 e. The average Bonchev–Trinajstić information content (AvgIpc) is 2.32. The predicted molar refractivity (Wildman–Crippen MR) is 67.9 cm³/mol. The summed E-state index contributed by atoms with van der Waals surface area (Å²) in [7, 11) is -17.2. The molecule has 1 aliphatic rings. The number of aliphatic hydroxyl groups excluding tert-OH is 3.